The molecule has 0 radical (unpaired) electrons. The van der Waals surface area contributed by atoms with E-state index in [-0.39, 0.29) is 16.3 Å². The summed E-state index contributed by atoms with van der Waals surface area (Å²) >= 11 is 1.04. The fourth-order valence-electron chi connectivity index (χ4n) is 3.76. The number of aryl methyl sites for hydroxylation is 1. The minimum absolute atomic E-state index is 0.0187. The number of nitrogens with one attached hydrogen (secondary N) is 1. The molecule has 1 saturated heterocycles. The van der Waals surface area contributed by atoms with Crippen molar-refractivity contribution in [3.8, 4) is 10.6 Å². The zero-order valence-corrected chi connectivity index (χ0v) is 18.4. The van der Waals surface area contributed by atoms with Gasteiger partial charge in [0.1, 0.15) is 27.7 Å². The highest BCUT2D eigenvalue weighted by Crippen LogP contribution is 2.33. The van der Waals surface area contributed by atoms with Crippen LogP contribution in [-0.4, -0.2) is 46.0 Å². The third kappa shape index (κ3) is 4.30. The van der Waals surface area contributed by atoms with Crippen LogP contribution in [-0.2, 0) is 6.54 Å². The number of rotatable bonds is 5. The van der Waals surface area contributed by atoms with Crippen LogP contribution in [0.1, 0.15) is 30.3 Å². The molecule has 4 rings (SSSR count). The summed E-state index contributed by atoms with van der Waals surface area (Å²) in [7, 11) is 0. The number of amides is 1. The molecular weight excluding hydrogens is 436 g/mol. The molecule has 170 valence electrons. The molecule has 2 unspecified atom stereocenters. The Morgan fingerprint density at radius 2 is 2.06 bits per heavy atom. The first-order valence-corrected chi connectivity index (χ1v) is 11.2. The first-order chi connectivity index (χ1) is 15.4. The van der Waals surface area contributed by atoms with E-state index in [1.54, 1.807) is 29.1 Å². The Balaban J connectivity index is 1.60. The maximum atomic E-state index is 14.1. The molecule has 1 aliphatic heterocycles. The smallest absolute Gasteiger partial charge is 0.277 e. The minimum Gasteiger partial charge on any atom is -0.389 e. The van der Waals surface area contributed by atoms with Crippen LogP contribution in [0.25, 0.3) is 10.6 Å². The number of nitrogens with two attached hydrogens (primary N) is 2. The van der Waals surface area contributed by atoms with Gasteiger partial charge in [-0.25, -0.2) is 18.4 Å². The van der Waals surface area contributed by atoms with Crippen molar-refractivity contribution in [2.75, 3.05) is 29.0 Å². The van der Waals surface area contributed by atoms with E-state index in [0.29, 0.717) is 49.0 Å². The number of carbonyl (C=O) groups is 1. The van der Waals surface area contributed by atoms with Crippen molar-refractivity contribution in [1.82, 2.24) is 14.8 Å². The van der Waals surface area contributed by atoms with Gasteiger partial charge in [-0.2, -0.15) is 5.10 Å². The lowest BCUT2D eigenvalue weighted by Gasteiger charge is -2.24. The maximum absolute atomic E-state index is 14.1. The average Bonchev–Trinajstić information content (AvgIpc) is 3.32. The SMILES string of the molecule is CCn1ncc(NC(=O)c2nc(-c3ccccc3F)sc2N)c1N1CCC(N)C(F)CC1. The highest BCUT2D eigenvalue weighted by molar-refractivity contribution is 7.19. The van der Waals surface area contributed by atoms with Crippen molar-refractivity contribution in [1.29, 1.82) is 0 Å². The van der Waals surface area contributed by atoms with E-state index in [1.165, 1.54) is 6.07 Å². The summed E-state index contributed by atoms with van der Waals surface area (Å²) in [6, 6.07) is 5.67. The summed E-state index contributed by atoms with van der Waals surface area (Å²) in [6.45, 7) is 3.51. The molecule has 2 aromatic heterocycles. The molecule has 1 fully saturated rings. The minimum atomic E-state index is -1.07. The largest absolute Gasteiger partial charge is 0.389 e. The van der Waals surface area contributed by atoms with E-state index in [9.17, 15) is 13.6 Å². The summed E-state index contributed by atoms with van der Waals surface area (Å²) in [5.41, 5.74) is 12.7. The van der Waals surface area contributed by atoms with Gasteiger partial charge in [0.25, 0.3) is 5.91 Å². The Hall–Kier alpha value is -3.05. The van der Waals surface area contributed by atoms with Gasteiger partial charge in [-0.05, 0) is 31.9 Å². The lowest BCUT2D eigenvalue weighted by atomic mass is 10.1. The molecule has 8 nitrogen and oxygen atoms in total. The van der Waals surface area contributed by atoms with Gasteiger partial charge in [0.2, 0.25) is 0 Å². The first kappa shape index (κ1) is 22.2. The number of alkyl halides is 1. The highest BCUT2D eigenvalue weighted by Gasteiger charge is 2.28. The Morgan fingerprint density at radius 1 is 1.31 bits per heavy atom. The van der Waals surface area contributed by atoms with E-state index >= 15 is 0 Å². The number of benzene rings is 1. The van der Waals surface area contributed by atoms with Gasteiger partial charge >= 0.3 is 0 Å². The van der Waals surface area contributed by atoms with Gasteiger partial charge in [-0.3, -0.25) is 4.79 Å². The number of anilines is 3. The van der Waals surface area contributed by atoms with Crippen LogP contribution < -0.4 is 21.7 Å². The van der Waals surface area contributed by atoms with Crippen molar-refractivity contribution < 1.29 is 13.6 Å². The molecule has 11 heteroatoms. The normalized spacial score (nSPS) is 19.1. The Kier molecular flexibility index (Phi) is 6.38. The number of thiazole rings is 1. The third-order valence-corrected chi connectivity index (χ3v) is 6.42. The molecule has 0 spiro atoms. The molecule has 2 atom stereocenters. The molecule has 3 aromatic rings. The number of carbonyl (C=O) groups excluding carboxylic acids is 1. The summed E-state index contributed by atoms with van der Waals surface area (Å²) in [5, 5.41) is 7.68. The van der Waals surface area contributed by atoms with Crippen molar-refractivity contribution in [2.45, 2.75) is 38.5 Å². The van der Waals surface area contributed by atoms with Gasteiger partial charge in [-0.15, -0.1) is 0 Å². The molecule has 1 amide bonds. The van der Waals surface area contributed by atoms with Crippen molar-refractivity contribution in [2.24, 2.45) is 5.73 Å². The topological polar surface area (TPSA) is 115 Å². The Labute approximate surface area is 188 Å². The Morgan fingerprint density at radius 3 is 2.81 bits per heavy atom. The summed E-state index contributed by atoms with van der Waals surface area (Å²) < 4.78 is 30.0. The van der Waals surface area contributed by atoms with Gasteiger partial charge < -0.3 is 21.7 Å². The quantitative estimate of drug-likeness (QED) is 0.537. The number of hydrogen-bond acceptors (Lipinski definition) is 7. The lowest BCUT2D eigenvalue weighted by Crippen LogP contribution is -2.31. The number of nitrogens with zero attached hydrogens (tertiary/aromatic N) is 4. The molecule has 5 N–H and O–H groups in total. The second-order valence-electron chi connectivity index (χ2n) is 7.61. The molecule has 3 heterocycles. The van der Waals surface area contributed by atoms with Crippen molar-refractivity contribution in [3.05, 3.63) is 42.0 Å². The number of halogens is 2. The molecule has 1 aliphatic rings. The van der Waals surface area contributed by atoms with Crippen LogP contribution >= 0.6 is 11.3 Å². The summed E-state index contributed by atoms with van der Waals surface area (Å²) in [6.07, 6.45) is 1.28. The summed E-state index contributed by atoms with van der Waals surface area (Å²) in [5.74, 6) is -0.274. The van der Waals surface area contributed by atoms with Crippen molar-refractivity contribution >= 4 is 33.8 Å². The van der Waals surface area contributed by atoms with Crippen LogP contribution in [0.4, 0.5) is 25.3 Å². The molecule has 0 aliphatic carbocycles. The third-order valence-electron chi connectivity index (χ3n) is 5.50. The number of aromatic nitrogens is 3. The second-order valence-corrected chi connectivity index (χ2v) is 8.64. The predicted octanol–water partition coefficient (Wildman–Crippen LogP) is 3.27. The van der Waals surface area contributed by atoms with Crippen LogP contribution in [0.2, 0.25) is 0 Å². The van der Waals surface area contributed by atoms with Crippen LogP contribution in [0.15, 0.2) is 30.5 Å². The first-order valence-electron chi connectivity index (χ1n) is 10.4. The summed E-state index contributed by atoms with van der Waals surface area (Å²) in [4.78, 5) is 19.3. The average molecular weight is 462 g/mol. The molecule has 0 bridgehead atoms. The fourth-order valence-corrected chi connectivity index (χ4v) is 4.62. The standard InChI is InChI=1S/C21H25F2N7OS/c1-2-30-21(29-9-7-14(23)15(24)8-10-29)16(11-26-30)27-19(31)17-18(25)32-20(28-17)12-5-3-4-6-13(12)22/h3-6,11,14-15H,2,7-10,24-25H2,1H3,(H,27,31). The van der Waals surface area contributed by atoms with Gasteiger partial charge in [0, 0.05) is 31.2 Å². The van der Waals surface area contributed by atoms with Crippen LogP contribution in [0, 0.1) is 5.82 Å². The number of nitrogen functional groups attached to an aromatic ring is 1. The Bertz CT molecular complexity index is 1100. The van der Waals surface area contributed by atoms with Crippen LogP contribution in [0.5, 0.6) is 0 Å². The monoisotopic (exact) mass is 461 g/mol. The number of hydrogen-bond donors (Lipinski definition) is 3. The van der Waals surface area contributed by atoms with Crippen molar-refractivity contribution in [3.63, 3.8) is 0 Å². The highest BCUT2D eigenvalue weighted by atomic mass is 32.1. The fraction of sp³-hybridized carbons (Fsp3) is 0.381. The van der Waals surface area contributed by atoms with Gasteiger partial charge in [-0.1, -0.05) is 23.5 Å². The molecule has 0 saturated carbocycles. The van der Waals surface area contributed by atoms with E-state index in [1.807, 2.05) is 11.8 Å². The van der Waals surface area contributed by atoms with E-state index < -0.39 is 23.9 Å². The van der Waals surface area contributed by atoms with E-state index in [2.05, 4.69) is 15.4 Å². The van der Waals surface area contributed by atoms with Crippen LogP contribution in [0.3, 0.4) is 0 Å². The maximum Gasteiger partial charge on any atom is 0.277 e. The second kappa shape index (κ2) is 9.21. The van der Waals surface area contributed by atoms with Gasteiger partial charge in [0.15, 0.2) is 11.5 Å². The van der Waals surface area contributed by atoms with E-state index in [0.717, 1.165) is 11.3 Å². The van der Waals surface area contributed by atoms with Gasteiger partial charge in [0.05, 0.1) is 6.20 Å². The van der Waals surface area contributed by atoms with E-state index in [4.69, 9.17) is 11.5 Å². The zero-order chi connectivity index (χ0) is 22.8. The molecule has 32 heavy (non-hydrogen) atoms. The zero-order valence-electron chi connectivity index (χ0n) is 17.6. The molecule has 1 aromatic carbocycles. The predicted molar refractivity (Wildman–Crippen MR) is 122 cm³/mol. The lowest BCUT2D eigenvalue weighted by molar-refractivity contribution is 0.102. The molecular formula is C21H25F2N7OS.